The van der Waals surface area contributed by atoms with Gasteiger partial charge in [0.15, 0.2) is 6.10 Å². The van der Waals surface area contributed by atoms with Crippen molar-refractivity contribution >= 4 is 50.6 Å². The summed E-state index contributed by atoms with van der Waals surface area (Å²) in [5, 5.41) is 17.8. The second-order valence-electron chi connectivity index (χ2n) is 11.7. The van der Waals surface area contributed by atoms with Crippen molar-refractivity contribution in [2.45, 2.75) is 76.0 Å². The van der Waals surface area contributed by atoms with Crippen LogP contribution >= 0.6 is 22.1 Å². The maximum atomic E-state index is 15.9. The maximum Gasteiger partial charge on any atom is 0.408 e. The average Bonchev–Trinajstić information content (AvgIpc) is 3.74. The van der Waals surface area contributed by atoms with Gasteiger partial charge < -0.3 is 20.7 Å². The molecular formula is C34H39ClF2N4O5S. The van der Waals surface area contributed by atoms with Gasteiger partial charge in [-0.25, -0.2) is 4.79 Å². The van der Waals surface area contributed by atoms with E-state index in [1.54, 1.807) is 6.07 Å². The fourth-order valence-corrected chi connectivity index (χ4v) is 8.19. The Morgan fingerprint density at radius 3 is 2.45 bits per heavy atom. The summed E-state index contributed by atoms with van der Waals surface area (Å²) in [6.45, 7) is 2.32. The number of rotatable bonds is 14. The normalized spacial score (nSPS) is 18.4. The molecule has 0 radical (unpaired) electrons. The average molecular weight is 689 g/mol. The van der Waals surface area contributed by atoms with Crippen LogP contribution in [0.1, 0.15) is 69.1 Å². The van der Waals surface area contributed by atoms with Crippen molar-refractivity contribution in [3.63, 3.8) is 0 Å². The summed E-state index contributed by atoms with van der Waals surface area (Å²) in [6.07, 6.45) is 0.205. The van der Waals surface area contributed by atoms with E-state index in [4.69, 9.17) is 16.3 Å². The van der Waals surface area contributed by atoms with E-state index in [-0.39, 0.29) is 34.2 Å². The van der Waals surface area contributed by atoms with E-state index < -0.39 is 63.9 Å². The number of benzene rings is 2. The van der Waals surface area contributed by atoms with Crippen molar-refractivity contribution in [3.8, 4) is 6.07 Å². The summed E-state index contributed by atoms with van der Waals surface area (Å²) >= 11 is 5.99. The van der Waals surface area contributed by atoms with E-state index in [1.807, 2.05) is 6.92 Å². The Labute approximate surface area is 280 Å². The number of nitrogens with one attached hydrogen (secondary N) is 3. The standard InChI is InChI=1S/C34H39ClF2N4O5S/c1-2-3-14-26(32(44)40-27(19-23-15-16-39-31(23)43)29(42)28(21-38)47-17-7-8-18-47)41-33(45)46-30(22-10-5-4-6-11-22)34(36,37)24-12-9-13-25(35)20-24/h4-6,9-13,20,23,26-27,30H,2-3,7-8,14-19H2,1H3,(H,39,43)(H,40,44)(H,41,45)/t23-,26-,27-,30?/m0/s1. The van der Waals surface area contributed by atoms with Crippen LogP contribution < -0.4 is 16.0 Å². The quantitative estimate of drug-likeness (QED) is 0.215. The molecule has 2 aromatic carbocycles. The number of ether oxygens (including phenoxy) is 1. The Hall–Kier alpha value is -3.82. The lowest BCUT2D eigenvalue weighted by Gasteiger charge is -2.29. The lowest BCUT2D eigenvalue weighted by Crippen LogP contribution is -2.53. The molecule has 0 spiro atoms. The number of Topliss-reactive ketones (excluding diaryl/α,β-unsaturated/α-hetero) is 1. The summed E-state index contributed by atoms with van der Waals surface area (Å²) in [7, 11) is -0.533. The number of hydrogen-bond acceptors (Lipinski definition) is 6. The number of unbranched alkanes of at least 4 members (excludes halogenated alkanes) is 1. The highest BCUT2D eigenvalue weighted by atomic mass is 35.5. The first-order chi connectivity index (χ1) is 22.5. The molecule has 47 heavy (non-hydrogen) atoms. The topological polar surface area (TPSA) is 137 Å². The third kappa shape index (κ3) is 9.39. The van der Waals surface area contributed by atoms with Gasteiger partial charge in [0.2, 0.25) is 17.6 Å². The van der Waals surface area contributed by atoms with Crippen LogP contribution in [0, 0.1) is 17.2 Å². The van der Waals surface area contributed by atoms with Crippen LogP contribution in [0.2, 0.25) is 5.02 Å². The highest BCUT2D eigenvalue weighted by molar-refractivity contribution is 8.17. The second-order valence-corrected chi connectivity index (χ2v) is 14.3. The zero-order valence-corrected chi connectivity index (χ0v) is 27.7. The molecule has 13 heteroatoms. The van der Waals surface area contributed by atoms with E-state index in [0.29, 0.717) is 37.3 Å². The minimum Gasteiger partial charge on any atom is -0.434 e. The van der Waals surface area contributed by atoms with Gasteiger partial charge in [-0.15, -0.1) is 0 Å². The number of nitrogens with zero attached hydrogens (tertiary/aromatic N) is 1. The van der Waals surface area contributed by atoms with Gasteiger partial charge in [0.05, 0.1) is 6.04 Å². The first-order valence-electron chi connectivity index (χ1n) is 15.8. The lowest BCUT2D eigenvalue weighted by molar-refractivity contribution is -0.129. The zero-order valence-electron chi connectivity index (χ0n) is 26.1. The molecule has 1 unspecified atom stereocenters. The molecule has 0 aliphatic carbocycles. The minimum atomic E-state index is -3.70. The zero-order chi connectivity index (χ0) is 34.0. The van der Waals surface area contributed by atoms with E-state index in [1.165, 1.54) is 42.5 Å². The number of alkyl carbamates (subject to hydrolysis) is 1. The molecule has 3 amide bonds. The number of amides is 3. The Bertz CT molecular complexity index is 1530. The number of alkyl halides is 2. The first kappa shape index (κ1) is 36.0. The van der Waals surface area contributed by atoms with Gasteiger partial charge in [-0.2, -0.15) is 24.5 Å². The van der Waals surface area contributed by atoms with Gasteiger partial charge in [-0.1, -0.05) is 73.8 Å². The monoisotopic (exact) mass is 688 g/mol. The third-order valence-electron chi connectivity index (χ3n) is 8.28. The molecule has 2 aliphatic rings. The third-order valence-corrected chi connectivity index (χ3v) is 11.0. The number of ketones is 1. The Morgan fingerprint density at radius 1 is 1.11 bits per heavy atom. The molecule has 2 aliphatic heterocycles. The maximum absolute atomic E-state index is 15.9. The molecule has 4 atom stereocenters. The van der Waals surface area contributed by atoms with Gasteiger partial charge in [0.1, 0.15) is 17.0 Å². The van der Waals surface area contributed by atoms with Gasteiger partial charge in [0.25, 0.3) is 0 Å². The summed E-state index contributed by atoms with van der Waals surface area (Å²) < 4.78 is 37.2. The molecule has 2 heterocycles. The smallest absolute Gasteiger partial charge is 0.408 e. The fraction of sp³-hybridized carbons (Fsp3) is 0.471. The summed E-state index contributed by atoms with van der Waals surface area (Å²) in [4.78, 5) is 53.2. The van der Waals surface area contributed by atoms with Crippen molar-refractivity contribution in [1.82, 2.24) is 16.0 Å². The number of carbonyl (C=O) groups excluding carboxylic acids is 4. The molecule has 2 saturated heterocycles. The number of nitriles is 1. The van der Waals surface area contributed by atoms with Crippen molar-refractivity contribution in [3.05, 3.63) is 70.7 Å². The minimum absolute atomic E-state index is 0.00826. The molecule has 4 rings (SSSR count). The predicted octanol–water partition coefficient (Wildman–Crippen LogP) is 5.80. The van der Waals surface area contributed by atoms with Gasteiger partial charge in [-0.3, -0.25) is 14.4 Å². The van der Waals surface area contributed by atoms with Crippen molar-refractivity contribution in [1.29, 1.82) is 5.26 Å². The molecule has 9 nitrogen and oxygen atoms in total. The van der Waals surface area contributed by atoms with E-state index >= 15 is 8.78 Å². The largest absolute Gasteiger partial charge is 0.434 e. The van der Waals surface area contributed by atoms with Crippen LogP contribution in [0.15, 0.2) is 54.6 Å². The van der Waals surface area contributed by atoms with E-state index in [9.17, 15) is 24.4 Å². The summed E-state index contributed by atoms with van der Waals surface area (Å²) in [6, 6.07) is 12.3. The molecule has 0 saturated carbocycles. The van der Waals surface area contributed by atoms with Crippen LogP contribution in [0.3, 0.4) is 0 Å². The van der Waals surface area contributed by atoms with Crippen LogP contribution in [0.4, 0.5) is 13.6 Å². The van der Waals surface area contributed by atoms with Gasteiger partial charge in [0, 0.05) is 23.0 Å². The molecule has 0 bridgehead atoms. The first-order valence-corrected chi connectivity index (χ1v) is 17.7. The Balaban J connectivity index is 1.57. The van der Waals surface area contributed by atoms with E-state index in [0.717, 1.165) is 18.9 Å². The molecule has 2 aromatic rings. The van der Waals surface area contributed by atoms with Gasteiger partial charge >= 0.3 is 12.0 Å². The number of hydrogen-bond donors (Lipinski definition) is 3. The van der Waals surface area contributed by atoms with Crippen LogP contribution in [-0.4, -0.2) is 58.7 Å². The fourth-order valence-electron chi connectivity index (χ4n) is 5.72. The van der Waals surface area contributed by atoms with Crippen LogP contribution in [-0.2, 0) is 25.0 Å². The van der Waals surface area contributed by atoms with Crippen LogP contribution in [0.5, 0.6) is 0 Å². The molecule has 2 fully saturated rings. The van der Waals surface area contributed by atoms with Gasteiger partial charge in [-0.05, 0) is 61.3 Å². The Morgan fingerprint density at radius 2 is 1.83 bits per heavy atom. The van der Waals surface area contributed by atoms with Crippen molar-refractivity contribution < 1.29 is 32.7 Å². The number of carbonyl (C=O) groups is 4. The lowest BCUT2D eigenvalue weighted by atomic mass is 9.94. The van der Waals surface area contributed by atoms with Crippen molar-refractivity contribution in [2.75, 3.05) is 18.1 Å². The number of halogens is 3. The molecule has 3 N–H and O–H groups in total. The second kappa shape index (κ2) is 16.8. The Kier molecular flexibility index (Phi) is 12.9. The molecule has 0 aromatic heterocycles. The van der Waals surface area contributed by atoms with E-state index in [2.05, 4.69) is 22.0 Å². The SMILES string of the molecule is CCCC[C@H](NC(=O)OC(c1ccccc1)C(F)(F)c1cccc(Cl)c1)C(=O)N[C@@H](C[C@@H]1CCNC1=O)C(=O)C(C#N)=S1CCCC1. The molecule has 252 valence electrons. The van der Waals surface area contributed by atoms with Crippen molar-refractivity contribution in [2.24, 2.45) is 5.92 Å². The summed E-state index contributed by atoms with van der Waals surface area (Å²) in [5.74, 6) is -4.32. The predicted molar refractivity (Wildman–Crippen MR) is 177 cm³/mol. The van der Waals surface area contributed by atoms with Crippen LogP contribution in [0.25, 0.3) is 0 Å². The highest BCUT2D eigenvalue weighted by Crippen LogP contribution is 2.43. The highest BCUT2D eigenvalue weighted by Gasteiger charge is 2.46. The summed E-state index contributed by atoms with van der Waals surface area (Å²) in [5.41, 5.74) is -0.438. The molecular weight excluding hydrogens is 650 g/mol.